The summed E-state index contributed by atoms with van der Waals surface area (Å²) in [7, 11) is -3.97. The molecule has 41 heavy (non-hydrogen) atoms. The van der Waals surface area contributed by atoms with Crippen molar-refractivity contribution in [2.45, 2.75) is 11.8 Å². The highest BCUT2D eigenvalue weighted by Crippen LogP contribution is 2.25. The van der Waals surface area contributed by atoms with Crippen molar-refractivity contribution < 1.29 is 22.3 Å². The minimum Gasteiger partial charge on any atom is -0.379 e. The molecule has 11 heteroatoms. The number of carbonyl (C=O) groups excluding carboxylic acids is 1. The Morgan fingerprint density at radius 1 is 1.00 bits per heavy atom. The summed E-state index contributed by atoms with van der Waals surface area (Å²) in [6.07, 6.45) is 1.75. The summed E-state index contributed by atoms with van der Waals surface area (Å²) < 4.78 is 49.2. The Balaban J connectivity index is 1.41. The van der Waals surface area contributed by atoms with Gasteiger partial charge in [0.1, 0.15) is 5.82 Å². The van der Waals surface area contributed by atoms with Crippen molar-refractivity contribution in [3.63, 3.8) is 0 Å². The van der Waals surface area contributed by atoms with Gasteiger partial charge in [0.2, 0.25) is 21.9 Å². The van der Waals surface area contributed by atoms with Crippen LogP contribution in [-0.4, -0.2) is 79.0 Å². The molecule has 1 amide bonds. The summed E-state index contributed by atoms with van der Waals surface area (Å²) in [5.41, 5.74) is 2.95. The molecule has 1 aliphatic rings. The molecule has 0 spiro atoms. The van der Waals surface area contributed by atoms with Crippen molar-refractivity contribution in [1.82, 2.24) is 18.8 Å². The second-order valence-electron chi connectivity index (χ2n) is 9.82. The van der Waals surface area contributed by atoms with E-state index in [4.69, 9.17) is 4.74 Å². The fourth-order valence-electron chi connectivity index (χ4n) is 4.56. The predicted molar refractivity (Wildman–Crippen MR) is 155 cm³/mol. The zero-order valence-corrected chi connectivity index (χ0v) is 23.6. The SMILES string of the molecule is Cc1ccc(S(=O)(=O)N(CCN2CCOCC2)CC(=O)Nc2nc(-c3ccccc3)cn2-c2ccc(F)cc2)cc1. The lowest BCUT2D eigenvalue weighted by atomic mass is 10.2. The molecule has 2 heterocycles. The van der Waals surface area contributed by atoms with Crippen LogP contribution >= 0.6 is 0 Å². The van der Waals surface area contributed by atoms with Crippen LogP contribution in [-0.2, 0) is 19.6 Å². The smallest absolute Gasteiger partial charge is 0.243 e. The van der Waals surface area contributed by atoms with Crippen molar-refractivity contribution in [3.05, 3.63) is 96.4 Å². The van der Waals surface area contributed by atoms with Crippen molar-refractivity contribution in [1.29, 1.82) is 0 Å². The van der Waals surface area contributed by atoms with Crippen LogP contribution < -0.4 is 5.32 Å². The Hall–Kier alpha value is -3.90. The number of halogens is 1. The molecular formula is C30H32FN5O4S. The van der Waals surface area contributed by atoms with Gasteiger partial charge in [0.05, 0.1) is 30.3 Å². The van der Waals surface area contributed by atoms with Crippen LogP contribution in [0.5, 0.6) is 0 Å². The molecule has 0 unspecified atom stereocenters. The number of aryl methyl sites for hydroxylation is 1. The topological polar surface area (TPSA) is 96.8 Å². The van der Waals surface area contributed by atoms with Gasteiger partial charge in [-0.3, -0.25) is 19.6 Å². The van der Waals surface area contributed by atoms with Gasteiger partial charge in [0.15, 0.2) is 0 Å². The van der Waals surface area contributed by atoms with E-state index in [9.17, 15) is 17.6 Å². The lowest BCUT2D eigenvalue weighted by Gasteiger charge is -2.29. The molecule has 0 aliphatic carbocycles. The van der Waals surface area contributed by atoms with Gasteiger partial charge in [-0.1, -0.05) is 48.0 Å². The summed E-state index contributed by atoms with van der Waals surface area (Å²) in [6.45, 7) is 4.63. The van der Waals surface area contributed by atoms with Gasteiger partial charge >= 0.3 is 0 Å². The number of nitrogens with zero attached hydrogens (tertiary/aromatic N) is 4. The number of sulfonamides is 1. The van der Waals surface area contributed by atoms with E-state index in [0.717, 1.165) is 11.1 Å². The number of hydrogen-bond acceptors (Lipinski definition) is 6. The number of hydrogen-bond donors (Lipinski definition) is 1. The molecule has 1 fully saturated rings. The molecule has 5 rings (SSSR count). The second-order valence-corrected chi connectivity index (χ2v) is 11.8. The molecule has 3 aromatic carbocycles. The van der Waals surface area contributed by atoms with E-state index in [2.05, 4.69) is 15.2 Å². The summed E-state index contributed by atoms with van der Waals surface area (Å²) >= 11 is 0. The Morgan fingerprint density at radius 3 is 2.37 bits per heavy atom. The number of anilines is 1. The van der Waals surface area contributed by atoms with Crippen molar-refractivity contribution >= 4 is 21.9 Å². The highest BCUT2D eigenvalue weighted by molar-refractivity contribution is 7.89. The zero-order chi connectivity index (χ0) is 28.8. The van der Waals surface area contributed by atoms with Crippen molar-refractivity contribution in [2.75, 3.05) is 51.3 Å². The number of carbonyl (C=O) groups is 1. The quantitative estimate of drug-likeness (QED) is 0.307. The highest BCUT2D eigenvalue weighted by Gasteiger charge is 2.28. The van der Waals surface area contributed by atoms with Gasteiger partial charge in [0.25, 0.3) is 0 Å². The normalized spacial score (nSPS) is 14.3. The van der Waals surface area contributed by atoms with Gasteiger partial charge in [0, 0.05) is 43.6 Å². The third kappa shape index (κ3) is 7.06. The second kappa shape index (κ2) is 12.7. The third-order valence-corrected chi connectivity index (χ3v) is 8.74. The number of rotatable bonds is 10. The van der Waals surface area contributed by atoms with Crippen LogP contribution in [0, 0.1) is 12.7 Å². The standard InChI is InChI=1S/C30H32FN5O4S/c1-23-7-13-27(14-8-23)41(38,39)35(16-15-34-17-19-40-20-18-34)22-29(37)33-30-32-28(24-5-3-2-4-6-24)21-36(30)26-11-9-25(31)10-12-26/h2-14,21H,15-20,22H2,1H3,(H,32,33,37). The van der Waals surface area contributed by atoms with E-state index in [1.165, 1.54) is 16.4 Å². The van der Waals surface area contributed by atoms with E-state index < -0.39 is 22.5 Å². The average molecular weight is 578 g/mol. The fraction of sp³-hybridized carbons (Fsp3) is 0.267. The number of imidazole rings is 1. The molecule has 0 atom stereocenters. The van der Waals surface area contributed by atoms with E-state index >= 15 is 0 Å². The van der Waals surface area contributed by atoms with Gasteiger partial charge in [-0.2, -0.15) is 4.31 Å². The number of ether oxygens (including phenoxy) is 1. The van der Waals surface area contributed by atoms with Crippen LogP contribution in [0.2, 0.25) is 0 Å². The van der Waals surface area contributed by atoms with Crippen LogP contribution in [0.3, 0.4) is 0 Å². The maximum absolute atomic E-state index is 13.7. The molecule has 0 bridgehead atoms. The molecule has 1 aliphatic heterocycles. The number of aromatic nitrogens is 2. The first-order valence-corrected chi connectivity index (χ1v) is 14.8. The summed E-state index contributed by atoms with van der Waals surface area (Å²) in [4.78, 5) is 20.3. The maximum atomic E-state index is 13.7. The molecule has 0 radical (unpaired) electrons. The lowest BCUT2D eigenvalue weighted by molar-refractivity contribution is -0.116. The minimum atomic E-state index is -3.97. The summed E-state index contributed by atoms with van der Waals surface area (Å²) in [5.74, 6) is -0.738. The zero-order valence-electron chi connectivity index (χ0n) is 22.7. The average Bonchev–Trinajstić information content (AvgIpc) is 3.40. The highest BCUT2D eigenvalue weighted by atomic mass is 32.2. The predicted octanol–water partition coefficient (Wildman–Crippen LogP) is 3.95. The maximum Gasteiger partial charge on any atom is 0.243 e. The molecule has 1 aromatic heterocycles. The fourth-order valence-corrected chi connectivity index (χ4v) is 5.95. The van der Waals surface area contributed by atoms with E-state index in [1.54, 1.807) is 47.2 Å². The van der Waals surface area contributed by atoms with Crippen LogP contribution in [0.25, 0.3) is 16.9 Å². The molecule has 4 aromatic rings. The molecule has 214 valence electrons. The minimum absolute atomic E-state index is 0.122. The largest absolute Gasteiger partial charge is 0.379 e. The third-order valence-electron chi connectivity index (χ3n) is 6.88. The number of morpholine rings is 1. The molecule has 9 nitrogen and oxygen atoms in total. The van der Waals surface area contributed by atoms with Gasteiger partial charge in [-0.15, -0.1) is 0 Å². The van der Waals surface area contributed by atoms with Crippen LogP contribution in [0.1, 0.15) is 5.56 Å². The molecule has 1 saturated heterocycles. The van der Waals surface area contributed by atoms with E-state index in [-0.39, 0.29) is 23.2 Å². The molecular weight excluding hydrogens is 545 g/mol. The van der Waals surface area contributed by atoms with Gasteiger partial charge in [-0.25, -0.2) is 17.8 Å². The Bertz CT molecular complexity index is 1570. The Labute approximate surface area is 239 Å². The number of nitrogens with one attached hydrogen (secondary N) is 1. The van der Waals surface area contributed by atoms with E-state index in [1.807, 2.05) is 37.3 Å². The number of benzene rings is 3. The van der Waals surface area contributed by atoms with Crippen molar-refractivity contribution in [3.8, 4) is 16.9 Å². The first-order chi connectivity index (χ1) is 19.8. The van der Waals surface area contributed by atoms with Gasteiger partial charge < -0.3 is 4.74 Å². The summed E-state index contributed by atoms with van der Waals surface area (Å²) in [5, 5.41) is 2.79. The van der Waals surface area contributed by atoms with E-state index in [0.29, 0.717) is 44.2 Å². The van der Waals surface area contributed by atoms with Crippen LogP contribution in [0.4, 0.5) is 10.3 Å². The first-order valence-electron chi connectivity index (χ1n) is 13.4. The molecule has 0 saturated carbocycles. The first kappa shape index (κ1) is 28.6. The lowest BCUT2D eigenvalue weighted by Crippen LogP contribution is -2.45. The van der Waals surface area contributed by atoms with Gasteiger partial charge in [-0.05, 0) is 43.3 Å². The van der Waals surface area contributed by atoms with Crippen molar-refractivity contribution in [2.24, 2.45) is 0 Å². The van der Waals surface area contributed by atoms with Crippen LogP contribution in [0.15, 0.2) is 90.0 Å². The summed E-state index contributed by atoms with van der Waals surface area (Å²) in [6, 6.07) is 21.8. The monoisotopic (exact) mass is 577 g/mol. The molecule has 1 N–H and O–H groups in total. The number of amides is 1. The Kier molecular flexibility index (Phi) is 8.89. The Morgan fingerprint density at radius 2 is 1.68 bits per heavy atom.